The normalized spacial score (nSPS) is 11.2. The van der Waals surface area contributed by atoms with Gasteiger partial charge in [0.05, 0.1) is 10.6 Å². The van der Waals surface area contributed by atoms with Crippen LogP contribution in [0.25, 0.3) is 0 Å². The van der Waals surface area contributed by atoms with Crippen LogP contribution in [-0.4, -0.2) is 34.1 Å². The second-order valence-corrected chi connectivity index (χ2v) is 7.39. The molecule has 0 saturated carbocycles. The Morgan fingerprint density at radius 1 is 1.08 bits per heavy atom. The molecule has 0 radical (unpaired) electrons. The van der Waals surface area contributed by atoms with E-state index in [0.29, 0.717) is 36.6 Å². The number of amides is 1. The molecule has 0 aromatic heterocycles. The zero-order chi connectivity index (χ0) is 19.0. The summed E-state index contributed by atoms with van der Waals surface area (Å²) in [5, 5.41) is 2.82. The van der Waals surface area contributed by atoms with E-state index in [4.69, 9.17) is 4.74 Å². The molecule has 0 fully saturated rings. The zero-order valence-corrected chi connectivity index (χ0v) is 15.8. The molecule has 0 unspecified atom stereocenters. The minimum atomic E-state index is -3.70. The van der Waals surface area contributed by atoms with E-state index in [1.165, 1.54) is 12.1 Å². The summed E-state index contributed by atoms with van der Waals surface area (Å²) in [6, 6.07) is 13.1. The molecule has 26 heavy (non-hydrogen) atoms. The van der Waals surface area contributed by atoms with E-state index in [-0.39, 0.29) is 10.8 Å². The molecule has 0 aliphatic carbocycles. The fourth-order valence-corrected chi connectivity index (χ4v) is 3.56. The van der Waals surface area contributed by atoms with Crippen molar-refractivity contribution in [1.29, 1.82) is 0 Å². The molecule has 1 amide bonds. The van der Waals surface area contributed by atoms with Crippen molar-refractivity contribution in [2.75, 3.05) is 24.5 Å². The molecule has 140 valence electrons. The largest absolute Gasteiger partial charge is 0.382 e. The van der Waals surface area contributed by atoms with Gasteiger partial charge < -0.3 is 10.1 Å². The summed E-state index contributed by atoms with van der Waals surface area (Å²) in [6.45, 7) is 5.38. The number of hydrogen-bond acceptors (Lipinski definition) is 4. The van der Waals surface area contributed by atoms with Gasteiger partial charge in [-0.15, -0.1) is 0 Å². The molecular formula is C19H24N2O4S. The topological polar surface area (TPSA) is 84.5 Å². The van der Waals surface area contributed by atoms with Gasteiger partial charge in [-0.1, -0.05) is 24.3 Å². The third kappa shape index (κ3) is 5.31. The maximum absolute atomic E-state index is 12.5. The van der Waals surface area contributed by atoms with Crippen LogP contribution in [0.3, 0.4) is 0 Å². The van der Waals surface area contributed by atoms with Gasteiger partial charge in [0.15, 0.2) is 0 Å². The lowest BCUT2D eigenvalue weighted by Gasteiger charge is -2.14. The first kappa shape index (κ1) is 19.9. The van der Waals surface area contributed by atoms with E-state index < -0.39 is 10.0 Å². The van der Waals surface area contributed by atoms with Crippen LogP contribution in [0.4, 0.5) is 5.69 Å². The number of rotatable bonds is 9. The molecule has 0 bridgehead atoms. The van der Waals surface area contributed by atoms with Crippen LogP contribution < -0.4 is 10.0 Å². The zero-order valence-electron chi connectivity index (χ0n) is 15.0. The number of carbonyl (C=O) groups excluding carboxylic acids is 1. The predicted octanol–water partition coefficient (Wildman–Crippen LogP) is 2.95. The summed E-state index contributed by atoms with van der Waals surface area (Å²) in [5.74, 6) is -0.236. The Balaban J connectivity index is 2.10. The standard InChI is InChI=1S/C19H24N2O4S/c1-3-25-14-8-13-20-19(22)17-11-7-12-18(15(17)2)21-26(23,24)16-9-5-4-6-10-16/h4-7,9-12,21H,3,8,13-14H2,1-2H3,(H,20,22). The van der Waals surface area contributed by atoms with E-state index in [2.05, 4.69) is 10.0 Å². The lowest BCUT2D eigenvalue weighted by molar-refractivity contribution is 0.0943. The average Bonchev–Trinajstić information content (AvgIpc) is 2.64. The van der Waals surface area contributed by atoms with Gasteiger partial charge in [-0.25, -0.2) is 8.42 Å². The van der Waals surface area contributed by atoms with Crippen molar-refractivity contribution in [2.45, 2.75) is 25.2 Å². The van der Waals surface area contributed by atoms with E-state index in [0.717, 1.165) is 6.42 Å². The van der Waals surface area contributed by atoms with E-state index in [9.17, 15) is 13.2 Å². The highest BCUT2D eigenvalue weighted by molar-refractivity contribution is 7.92. The summed E-state index contributed by atoms with van der Waals surface area (Å²) in [6.07, 6.45) is 0.721. The molecule has 6 nitrogen and oxygen atoms in total. The molecule has 2 aromatic carbocycles. The number of nitrogens with one attached hydrogen (secondary N) is 2. The quantitative estimate of drug-likeness (QED) is 0.659. The van der Waals surface area contributed by atoms with Crippen molar-refractivity contribution in [1.82, 2.24) is 5.32 Å². The highest BCUT2D eigenvalue weighted by Crippen LogP contribution is 2.22. The first-order valence-electron chi connectivity index (χ1n) is 8.49. The first-order valence-corrected chi connectivity index (χ1v) is 9.97. The van der Waals surface area contributed by atoms with Gasteiger partial charge >= 0.3 is 0 Å². The fraction of sp³-hybridized carbons (Fsp3) is 0.316. The lowest BCUT2D eigenvalue weighted by Crippen LogP contribution is -2.26. The second-order valence-electron chi connectivity index (χ2n) is 5.70. The van der Waals surface area contributed by atoms with Crippen LogP contribution in [0, 0.1) is 6.92 Å². The van der Waals surface area contributed by atoms with E-state index >= 15 is 0 Å². The van der Waals surface area contributed by atoms with Crippen LogP contribution in [0.2, 0.25) is 0 Å². The number of hydrogen-bond donors (Lipinski definition) is 2. The van der Waals surface area contributed by atoms with Crippen LogP contribution >= 0.6 is 0 Å². The number of ether oxygens (including phenoxy) is 1. The molecule has 7 heteroatoms. The smallest absolute Gasteiger partial charge is 0.261 e. The number of carbonyl (C=O) groups is 1. The minimum absolute atomic E-state index is 0.171. The summed E-state index contributed by atoms with van der Waals surface area (Å²) < 4.78 is 32.8. The molecule has 0 heterocycles. The Morgan fingerprint density at radius 2 is 1.81 bits per heavy atom. The van der Waals surface area contributed by atoms with Gasteiger partial charge in [-0.3, -0.25) is 9.52 Å². The number of sulfonamides is 1. The highest BCUT2D eigenvalue weighted by Gasteiger charge is 2.17. The van der Waals surface area contributed by atoms with Gasteiger partial charge in [-0.05, 0) is 50.1 Å². The molecule has 0 aliphatic rings. The monoisotopic (exact) mass is 376 g/mol. The summed E-state index contributed by atoms with van der Waals surface area (Å²) in [4.78, 5) is 12.5. The maximum Gasteiger partial charge on any atom is 0.261 e. The van der Waals surface area contributed by atoms with E-state index in [1.54, 1.807) is 43.3 Å². The number of benzene rings is 2. The lowest BCUT2D eigenvalue weighted by atomic mass is 10.1. The Bertz CT molecular complexity index is 836. The van der Waals surface area contributed by atoms with Crippen LogP contribution in [0.15, 0.2) is 53.4 Å². The van der Waals surface area contributed by atoms with Crippen molar-refractivity contribution in [3.05, 3.63) is 59.7 Å². The minimum Gasteiger partial charge on any atom is -0.382 e. The van der Waals surface area contributed by atoms with Crippen molar-refractivity contribution in [2.24, 2.45) is 0 Å². The molecular weight excluding hydrogens is 352 g/mol. The van der Waals surface area contributed by atoms with Gasteiger partial charge in [0.2, 0.25) is 0 Å². The van der Waals surface area contributed by atoms with Crippen LogP contribution in [0.1, 0.15) is 29.3 Å². The third-order valence-electron chi connectivity index (χ3n) is 3.83. The Kier molecular flexibility index (Phi) is 7.17. The molecule has 0 spiro atoms. The second kappa shape index (κ2) is 9.35. The predicted molar refractivity (Wildman–Crippen MR) is 102 cm³/mol. The molecule has 2 rings (SSSR count). The third-order valence-corrected chi connectivity index (χ3v) is 5.21. The summed E-state index contributed by atoms with van der Waals surface area (Å²) in [7, 11) is -3.70. The van der Waals surface area contributed by atoms with Gasteiger partial charge in [-0.2, -0.15) is 0 Å². The Hall–Kier alpha value is -2.38. The van der Waals surface area contributed by atoms with Gasteiger partial charge in [0.1, 0.15) is 0 Å². The van der Waals surface area contributed by atoms with Crippen LogP contribution in [-0.2, 0) is 14.8 Å². The maximum atomic E-state index is 12.5. The summed E-state index contributed by atoms with van der Waals surface area (Å²) in [5.41, 5.74) is 1.40. The van der Waals surface area contributed by atoms with E-state index in [1.807, 2.05) is 6.92 Å². The SMILES string of the molecule is CCOCCCNC(=O)c1cccc(NS(=O)(=O)c2ccccc2)c1C. The molecule has 0 atom stereocenters. The fourth-order valence-electron chi connectivity index (χ4n) is 2.41. The molecule has 2 aromatic rings. The van der Waals surface area contributed by atoms with Crippen molar-refractivity contribution >= 4 is 21.6 Å². The van der Waals surface area contributed by atoms with Crippen molar-refractivity contribution in [3.63, 3.8) is 0 Å². The van der Waals surface area contributed by atoms with Gasteiger partial charge in [0, 0.05) is 25.3 Å². The molecule has 0 aliphatic heterocycles. The first-order chi connectivity index (χ1) is 12.5. The number of anilines is 1. The van der Waals surface area contributed by atoms with Crippen LogP contribution in [0.5, 0.6) is 0 Å². The Morgan fingerprint density at radius 3 is 2.50 bits per heavy atom. The van der Waals surface area contributed by atoms with Crippen molar-refractivity contribution in [3.8, 4) is 0 Å². The highest BCUT2D eigenvalue weighted by atomic mass is 32.2. The summed E-state index contributed by atoms with van der Waals surface area (Å²) >= 11 is 0. The Labute approximate surface area is 154 Å². The average molecular weight is 376 g/mol. The molecule has 2 N–H and O–H groups in total. The molecule has 0 saturated heterocycles. The van der Waals surface area contributed by atoms with Gasteiger partial charge in [0.25, 0.3) is 15.9 Å². The van der Waals surface area contributed by atoms with Crippen molar-refractivity contribution < 1.29 is 17.9 Å².